The van der Waals surface area contributed by atoms with Crippen LogP contribution in [0, 0.1) is 11.7 Å². The molecule has 4 rings (SSSR count). The number of nitrogens with one attached hydrogen (secondary N) is 2. The Balaban J connectivity index is 1.52. The number of nitrogens with zero attached hydrogens (tertiary/aromatic N) is 1. The van der Waals surface area contributed by atoms with Gasteiger partial charge in [-0.2, -0.15) is 0 Å². The molecule has 0 aromatic heterocycles. The fourth-order valence-corrected chi connectivity index (χ4v) is 3.90. The van der Waals surface area contributed by atoms with E-state index in [-0.39, 0.29) is 18.3 Å². The Morgan fingerprint density at radius 2 is 1.58 bits per heavy atom. The van der Waals surface area contributed by atoms with Crippen LogP contribution in [0.5, 0.6) is 0 Å². The first-order valence-electron chi connectivity index (χ1n) is 10.6. The first kappa shape index (κ1) is 22.2. The Morgan fingerprint density at radius 3 is 2.30 bits per heavy atom. The van der Waals surface area contributed by atoms with Gasteiger partial charge in [0, 0.05) is 19.2 Å². The molecule has 33 heavy (non-hydrogen) atoms. The Morgan fingerprint density at radius 1 is 0.939 bits per heavy atom. The lowest BCUT2D eigenvalue weighted by atomic mass is 9.95. The number of fused-ring (bicyclic) bond motifs is 3. The number of carbonyl (C=O) groups excluding carboxylic acids is 3. The third kappa shape index (κ3) is 4.48. The van der Waals surface area contributed by atoms with Crippen LogP contribution in [0.2, 0.25) is 0 Å². The highest BCUT2D eigenvalue weighted by Crippen LogP contribution is 2.39. The van der Waals surface area contributed by atoms with Crippen LogP contribution in [0.25, 0.3) is 11.1 Å². The van der Waals surface area contributed by atoms with Gasteiger partial charge in [0.05, 0.1) is 5.69 Å². The third-order valence-corrected chi connectivity index (χ3v) is 5.86. The van der Waals surface area contributed by atoms with Crippen molar-refractivity contribution in [3.8, 4) is 11.1 Å². The number of halogens is 1. The predicted molar refractivity (Wildman–Crippen MR) is 124 cm³/mol. The Hall–Kier alpha value is -4.00. The fraction of sp³-hybridized carbons (Fsp3) is 0.192. The standard InChI is InChI=1S/C26H24FN3O3/c1-16(24(31)28-15-17-11-13-18(27)14-12-17)25(32)29-23-21-9-4-3-7-19(21)20-8-5-6-10-22(20)30(2)26(23)33/h3-14,16,23H,15H2,1-2H3,(H,28,31)(H,29,32)/t16-,23+/m0/s1. The highest BCUT2D eigenvalue weighted by molar-refractivity contribution is 6.07. The van der Waals surface area contributed by atoms with Gasteiger partial charge in [-0.1, -0.05) is 54.6 Å². The smallest absolute Gasteiger partial charge is 0.253 e. The number of hydrogen-bond donors (Lipinski definition) is 2. The summed E-state index contributed by atoms with van der Waals surface area (Å²) in [6.45, 7) is 1.65. The summed E-state index contributed by atoms with van der Waals surface area (Å²) in [5.74, 6) is -2.72. The lowest BCUT2D eigenvalue weighted by Crippen LogP contribution is -2.45. The van der Waals surface area contributed by atoms with E-state index in [0.29, 0.717) is 11.1 Å². The number of rotatable bonds is 5. The van der Waals surface area contributed by atoms with Crippen molar-refractivity contribution in [1.82, 2.24) is 10.6 Å². The van der Waals surface area contributed by atoms with Gasteiger partial charge in [-0.15, -0.1) is 0 Å². The third-order valence-electron chi connectivity index (χ3n) is 5.86. The van der Waals surface area contributed by atoms with Gasteiger partial charge in [-0.25, -0.2) is 4.39 Å². The van der Waals surface area contributed by atoms with Gasteiger partial charge < -0.3 is 15.5 Å². The van der Waals surface area contributed by atoms with Crippen LogP contribution in [0.15, 0.2) is 72.8 Å². The molecule has 2 N–H and O–H groups in total. The minimum atomic E-state index is -1.03. The van der Waals surface area contributed by atoms with E-state index in [1.54, 1.807) is 19.2 Å². The zero-order chi connectivity index (χ0) is 23.5. The molecule has 0 fully saturated rings. The second-order valence-electron chi connectivity index (χ2n) is 8.01. The van der Waals surface area contributed by atoms with Crippen LogP contribution in [0.4, 0.5) is 10.1 Å². The average molecular weight is 445 g/mol. The molecule has 1 aliphatic rings. The van der Waals surface area contributed by atoms with Crippen LogP contribution in [-0.4, -0.2) is 24.8 Å². The zero-order valence-corrected chi connectivity index (χ0v) is 18.3. The first-order valence-corrected chi connectivity index (χ1v) is 10.6. The molecular formula is C26H24FN3O3. The number of hydrogen-bond acceptors (Lipinski definition) is 3. The summed E-state index contributed by atoms with van der Waals surface area (Å²) in [4.78, 5) is 40.4. The molecule has 6 nitrogen and oxygen atoms in total. The molecule has 0 bridgehead atoms. The van der Waals surface area contributed by atoms with Gasteiger partial charge in [0.25, 0.3) is 5.91 Å². The van der Waals surface area contributed by atoms with E-state index >= 15 is 0 Å². The number of benzene rings is 3. The maximum absolute atomic E-state index is 13.3. The largest absolute Gasteiger partial charge is 0.351 e. The van der Waals surface area contributed by atoms with Gasteiger partial charge in [-0.3, -0.25) is 14.4 Å². The van der Waals surface area contributed by atoms with E-state index < -0.39 is 23.8 Å². The van der Waals surface area contributed by atoms with Gasteiger partial charge in [0.2, 0.25) is 11.8 Å². The second kappa shape index (κ2) is 9.24. The number of amides is 3. The number of likely N-dealkylation sites (N-methyl/N-ethyl adjacent to an activating group) is 1. The van der Waals surface area contributed by atoms with E-state index in [0.717, 1.165) is 16.8 Å². The van der Waals surface area contributed by atoms with Crippen molar-refractivity contribution in [2.75, 3.05) is 11.9 Å². The maximum Gasteiger partial charge on any atom is 0.253 e. The van der Waals surface area contributed by atoms with Crippen LogP contribution < -0.4 is 15.5 Å². The van der Waals surface area contributed by atoms with Crippen molar-refractivity contribution in [2.45, 2.75) is 19.5 Å². The van der Waals surface area contributed by atoms with Crippen molar-refractivity contribution in [2.24, 2.45) is 5.92 Å². The Kier molecular flexibility index (Phi) is 6.22. The Labute approximate surface area is 191 Å². The zero-order valence-electron chi connectivity index (χ0n) is 18.3. The van der Waals surface area contributed by atoms with E-state index in [2.05, 4.69) is 10.6 Å². The molecule has 1 heterocycles. The van der Waals surface area contributed by atoms with Gasteiger partial charge >= 0.3 is 0 Å². The van der Waals surface area contributed by atoms with Crippen LogP contribution in [0.1, 0.15) is 24.1 Å². The second-order valence-corrected chi connectivity index (χ2v) is 8.01. The lowest BCUT2D eigenvalue weighted by Gasteiger charge is -2.24. The molecule has 0 spiro atoms. The SMILES string of the molecule is C[C@@H](C(=O)NCc1ccc(F)cc1)C(=O)N[C@H]1C(=O)N(C)c2ccccc2-c2ccccc21. The summed E-state index contributed by atoms with van der Waals surface area (Å²) in [6, 6.07) is 19.8. The molecule has 168 valence electrons. The summed E-state index contributed by atoms with van der Waals surface area (Å²) < 4.78 is 13.1. The fourth-order valence-electron chi connectivity index (χ4n) is 3.90. The molecule has 2 atom stereocenters. The number of carbonyl (C=O) groups is 3. The summed E-state index contributed by atoms with van der Waals surface area (Å²) in [7, 11) is 1.67. The molecule has 0 radical (unpaired) electrons. The molecule has 3 aromatic rings. The van der Waals surface area contributed by atoms with E-state index in [1.807, 2.05) is 48.5 Å². The van der Waals surface area contributed by atoms with Crippen molar-refractivity contribution < 1.29 is 18.8 Å². The summed E-state index contributed by atoms with van der Waals surface area (Å²) in [6.07, 6.45) is 0. The average Bonchev–Trinajstić information content (AvgIpc) is 2.93. The normalized spacial score (nSPS) is 15.7. The predicted octanol–water partition coefficient (Wildman–Crippen LogP) is 3.58. The van der Waals surface area contributed by atoms with E-state index in [1.165, 1.54) is 24.0 Å². The molecule has 0 unspecified atom stereocenters. The topological polar surface area (TPSA) is 78.5 Å². The van der Waals surface area contributed by atoms with Crippen molar-refractivity contribution in [1.29, 1.82) is 0 Å². The summed E-state index contributed by atoms with van der Waals surface area (Å²) in [5, 5.41) is 5.46. The van der Waals surface area contributed by atoms with Crippen molar-refractivity contribution in [3.63, 3.8) is 0 Å². The highest BCUT2D eigenvalue weighted by Gasteiger charge is 2.34. The van der Waals surface area contributed by atoms with Crippen molar-refractivity contribution >= 4 is 23.4 Å². The molecular weight excluding hydrogens is 421 g/mol. The van der Waals surface area contributed by atoms with E-state index in [9.17, 15) is 18.8 Å². The summed E-state index contributed by atoms with van der Waals surface area (Å²) in [5.41, 5.74) is 3.88. The molecule has 0 saturated heterocycles. The Bertz CT molecular complexity index is 1210. The van der Waals surface area contributed by atoms with Gasteiger partial charge in [0.15, 0.2) is 0 Å². The quantitative estimate of drug-likeness (QED) is 0.590. The molecule has 7 heteroatoms. The lowest BCUT2D eigenvalue weighted by molar-refractivity contribution is -0.136. The van der Waals surface area contributed by atoms with Gasteiger partial charge in [0.1, 0.15) is 17.8 Å². The summed E-state index contributed by atoms with van der Waals surface area (Å²) >= 11 is 0. The van der Waals surface area contributed by atoms with Gasteiger partial charge in [-0.05, 0) is 41.8 Å². The molecule has 3 aromatic carbocycles. The van der Waals surface area contributed by atoms with Crippen LogP contribution in [-0.2, 0) is 20.9 Å². The maximum atomic E-state index is 13.3. The van der Waals surface area contributed by atoms with Crippen LogP contribution >= 0.6 is 0 Å². The van der Waals surface area contributed by atoms with Crippen LogP contribution in [0.3, 0.4) is 0 Å². The molecule has 0 saturated carbocycles. The number of para-hydroxylation sites is 1. The molecule has 0 aliphatic carbocycles. The number of anilines is 1. The highest BCUT2D eigenvalue weighted by atomic mass is 19.1. The molecule has 1 aliphatic heterocycles. The monoisotopic (exact) mass is 445 g/mol. The van der Waals surface area contributed by atoms with E-state index in [4.69, 9.17) is 0 Å². The minimum absolute atomic E-state index is 0.167. The minimum Gasteiger partial charge on any atom is -0.351 e. The molecule has 3 amide bonds. The first-order chi connectivity index (χ1) is 15.9. The van der Waals surface area contributed by atoms with Crippen molar-refractivity contribution in [3.05, 3.63) is 89.7 Å².